The number of carbonyl (C=O) groups is 22. The van der Waals surface area contributed by atoms with E-state index in [1.165, 1.54) is 56.8 Å². The third-order valence-corrected chi connectivity index (χ3v) is 23.1. The van der Waals surface area contributed by atoms with Crippen LogP contribution in [0.25, 0.3) is 0 Å². The van der Waals surface area contributed by atoms with E-state index in [9.17, 15) is 131 Å². The first-order chi connectivity index (χ1) is 65.4. The zero-order valence-electron chi connectivity index (χ0n) is 83.0. The number of aliphatic hydroxyl groups excluding tert-OH is 1. The van der Waals surface area contributed by atoms with Crippen molar-refractivity contribution in [3.05, 3.63) is 29.8 Å². The average molecular weight is 2010 g/mol. The lowest BCUT2D eigenvalue weighted by atomic mass is 9.95. The minimum Gasteiger partial charge on any atom is -0.508 e. The monoisotopic (exact) mass is 2010 g/mol. The van der Waals surface area contributed by atoms with Crippen molar-refractivity contribution in [2.24, 2.45) is 58.6 Å². The Balaban J connectivity index is 3.61. The summed E-state index contributed by atoms with van der Waals surface area (Å²) in [6.45, 7) is 23.7. The van der Waals surface area contributed by atoms with E-state index in [4.69, 9.17) is 22.3 Å². The third kappa shape index (κ3) is 48.5. The number of unbranched alkanes of at least 4 members (excludes halogenated alkanes) is 1. The predicted molar refractivity (Wildman–Crippen MR) is 512 cm³/mol. The van der Waals surface area contributed by atoms with Gasteiger partial charge in [-0.15, -0.1) is 0 Å². The number of primary amides is 1. The molecule has 49 heteroatoms. The second kappa shape index (κ2) is 64.8. The number of aliphatic carboxylic acids is 4. The minimum absolute atomic E-state index is 0.0570. The molecule has 0 saturated carbocycles. The Bertz CT molecular complexity index is 4330. The van der Waals surface area contributed by atoms with Gasteiger partial charge in [-0.25, -0.2) is 0 Å². The van der Waals surface area contributed by atoms with Crippen molar-refractivity contribution in [1.82, 2.24) is 90.4 Å². The van der Waals surface area contributed by atoms with E-state index in [2.05, 4.69) is 90.4 Å². The summed E-state index contributed by atoms with van der Waals surface area (Å²) >= 11 is 1.39. The maximum absolute atomic E-state index is 14.8. The summed E-state index contributed by atoms with van der Waals surface area (Å²) in [6.07, 6.45) is -3.78. The summed E-state index contributed by atoms with van der Waals surface area (Å²) in [6, 6.07) is -18.8. The van der Waals surface area contributed by atoms with E-state index in [1.807, 2.05) is 0 Å². The van der Waals surface area contributed by atoms with Gasteiger partial charge < -0.3 is 138 Å². The predicted octanol–water partition coefficient (Wildman–Crippen LogP) is -3.46. The van der Waals surface area contributed by atoms with Crippen LogP contribution in [0.5, 0.6) is 5.75 Å². The average Bonchev–Trinajstić information content (AvgIpc) is 0.842. The highest BCUT2D eigenvalue weighted by Crippen LogP contribution is 2.20. The Morgan fingerprint density at radius 3 is 1.06 bits per heavy atom. The molecular weight excluding hydrogens is 1850 g/mol. The minimum atomic E-state index is -1.84. The maximum atomic E-state index is 14.8. The SMILES string of the molecule is CC[C@H](C)[C@H](NC(=O)[C@H](CCC(=O)O)NC(=O)[C@H](CCC(=O)O)NC(=O)[C@@H](N)CCSC)C(=O)N[C@@H](Cc1ccc(O)cc1)C(=O)N[C@@H](CC(C)C)C(=O)N[C@H](C(=O)N[C@H](C(=O)NCC(=O)N[C@@H](CCCCN)C(=O)N[C@@H](CC(C)C)C(=O)N[C@H](C(=O)N[C@H](C(=O)N[C@@H](CCC(N)=O)C(=O)N[C@@H](C)C(=O)N[C@@H](CC(C)C)C(=O)N[C@@H](CCC(=O)O)C(=O)NCC(=O)O)[C@@H](C)CC)C(C)C)[C@@H](C)O)C(C)C. The van der Waals surface area contributed by atoms with Crippen molar-refractivity contribution in [2.45, 2.75) is 329 Å². The molecule has 29 N–H and O–H groups in total. The van der Waals surface area contributed by atoms with Crippen LogP contribution in [0.4, 0.5) is 0 Å². The Labute approximate surface area is 819 Å². The summed E-state index contributed by atoms with van der Waals surface area (Å²) in [5, 5.41) is 101. The molecule has 19 atom stereocenters. The van der Waals surface area contributed by atoms with Crippen molar-refractivity contribution in [3.8, 4) is 5.75 Å². The molecule has 48 nitrogen and oxygen atoms in total. The summed E-state index contributed by atoms with van der Waals surface area (Å²) in [4.78, 5) is 299. The molecule has 1 rings (SSSR count). The number of benzene rings is 1. The number of amides is 18. The number of hydrogen-bond donors (Lipinski definition) is 26. The van der Waals surface area contributed by atoms with Crippen LogP contribution < -0.4 is 108 Å². The molecule has 0 bridgehead atoms. The fourth-order valence-electron chi connectivity index (χ4n) is 14.0. The molecule has 1 aromatic rings. The highest BCUT2D eigenvalue weighted by atomic mass is 32.2. The van der Waals surface area contributed by atoms with Crippen molar-refractivity contribution in [1.29, 1.82) is 0 Å². The molecule has 140 heavy (non-hydrogen) atoms. The second-order valence-electron chi connectivity index (χ2n) is 36.8. The lowest BCUT2D eigenvalue weighted by molar-refractivity contribution is -0.140. The Morgan fingerprint density at radius 2 is 0.671 bits per heavy atom. The number of carboxylic acid groups (broad SMARTS) is 4. The van der Waals surface area contributed by atoms with E-state index < -0.39 is 321 Å². The Morgan fingerprint density at radius 1 is 0.343 bits per heavy atom. The van der Waals surface area contributed by atoms with Gasteiger partial charge in [-0.1, -0.05) is 122 Å². The summed E-state index contributed by atoms with van der Waals surface area (Å²) in [5.74, 6) is -26.8. The van der Waals surface area contributed by atoms with Crippen molar-refractivity contribution in [3.63, 3.8) is 0 Å². The van der Waals surface area contributed by atoms with Crippen LogP contribution >= 0.6 is 11.8 Å². The van der Waals surface area contributed by atoms with Gasteiger partial charge in [0.05, 0.1) is 18.7 Å². The van der Waals surface area contributed by atoms with Gasteiger partial charge in [-0.3, -0.25) is 105 Å². The molecule has 0 spiro atoms. The van der Waals surface area contributed by atoms with Gasteiger partial charge in [0.25, 0.3) is 0 Å². The van der Waals surface area contributed by atoms with Crippen LogP contribution in [-0.2, 0) is 112 Å². The molecular formula is C91H152N20O28S. The largest absolute Gasteiger partial charge is 0.508 e. The highest BCUT2D eigenvalue weighted by molar-refractivity contribution is 7.98. The first-order valence-electron chi connectivity index (χ1n) is 47.1. The van der Waals surface area contributed by atoms with Crippen LogP contribution in [0, 0.1) is 41.4 Å². The number of phenols is 1. The number of aliphatic hydroxyl groups is 1. The van der Waals surface area contributed by atoms with Gasteiger partial charge in [-0.2, -0.15) is 11.8 Å². The molecule has 0 aliphatic carbocycles. The van der Waals surface area contributed by atoms with Crippen LogP contribution in [0.2, 0.25) is 0 Å². The van der Waals surface area contributed by atoms with E-state index in [1.54, 1.807) is 89.3 Å². The summed E-state index contributed by atoms with van der Waals surface area (Å²) in [5.41, 5.74) is 17.7. The maximum Gasteiger partial charge on any atom is 0.322 e. The Hall–Kier alpha value is -12.4. The van der Waals surface area contributed by atoms with Gasteiger partial charge in [0.1, 0.15) is 103 Å². The van der Waals surface area contributed by atoms with Gasteiger partial charge >= 0.3 is 23.9 Å². The van der Waals surface area contributed by atoms with Gasteiger partial charge in [0.2, 0.25) is 106 Å². The number of rotatable bonds is 69. The lowest BCUT2D eigenvalue weighted by Crippen LogP contribution is -2.62. The molecule has 0 saturated heterocycles. The molecule has 1 aromatic carbocycles. The number of nitrogens with two attached hydrogens (primary N) is 3. The van der Waals surface area contributed by atoms with Crippen LogP contribution in [-0.4, -0.2) is 295 Å². The molecule has 0 fully saturated rings. The lowest BCUT2D eigenvalue weighted by Gasteiger charge is -2.31. The Kier molecular flexibility index (Phi) is 58.1. The normalized spacial score (nSPS) is 15.4. The molecule has 0 radical (unpaired) electrons. The standard InChI is InChI=1S/C91H152N20O28S/c1-18-49(13)73(109-82(130)60(30-34-69(120)121)101-81(129)59(29-33-68(118)119)99-77(125)55(93)35-37-140-17)91(139)106-64(41-53-23-25-54(113)26-24-53)84(132)105-63(40-46(7)8)86(134)108-72(48(11)12)89(137)111-75(52(16)112)87(135)95-42-66(115)98-56(22-20-21-36-92)80(128)104-62(39-45(5)6)85(133)107-71(47(9)10)88(136)110-74(50(14)19-2)90(138)102-58(27-31-65(94)114)79(127)97-51(15)76(124)103-61(38-44(3)4)83(131)100-57(28-32-67(116)117)78(126)96-43-70(122)123/h23-26,44-52,55-64,71-75,112-113H,18-22,27-43,92-93H2,1-17H3,(H2,94,114)(H,95,135)(H,96,126)(H,97,127)(H,98,115)(H,99,125)(H,100,131)(H,101,129)(H,102,138)(H,103,124)(H,104,128)(H,105,132)(H,106,139)(H,107,133)(H,108,134)(H,109,130)(H,110,136)(H,111,137)(H,116,117)(H,118,119)(H,120,121)(H,122,123)/t49-,50-,51-,52+,55-,56-,57-,58-,59-,60-,61-,62-,63-,64-,71-,72-,73-,74-,75-/m0/s1. The van der Waals surface area contributed by atoms with E-state index in [0.29, 0.717) is 17.7 Å². The number of hydrogen-bond acceptors (Lipinski definition) is 27. The number of nitrogens with one attached hydrogen (secondary N) is 17. The van der Waals surface area contributed by atoms with Crippen molar-refractivity contribution in [2.75, 3.05) is 31.6 Å². The number of carbonyl (C=O) groups excluding carboxylic acids is 18. The molecule has 790 valence electrons. The van der Waals surface area contributed by atoms with Crippen molar-refractivity contribution >= 4 is 142 Å². The number of phenolic OH excluding ortho intramolecular Hbond substituents is 1. The molecule has 18 amide bonds. The van der Waals surface area contributed by atoms with Crippen LogP contribution in [0.3, 0.4) is 0 Å². The summed E-state index contributed by atoms with van der Waals surface area (Å²) < 4.78 is 0. The van der Waals surface area contributed by atoms with E-state index in [-0.39, 0.29) is 87.8 Å². The van der Waals surface area contributed by atoms with Crippen molar-refractivity contribution < 1.29 is 136 Å². The highest BCUT2D eigenvalue weighted by Gasteiger charge is 2.42. The van der Waals surface area contributed by atoms with Gasteiger partial charge in [0, 0.05) is 32.1 Å². The fourth-order valence-corrected chi connectivity index (χ4v) is 14.5. The number of carboxylic acids is 4. The number of aromatic hydroxyl groups is 1. The third-order valence-electron chi connectivity index (χ3n) is 22.5. The smallest absolute Gasteiger partial charge is 0.322 e. The van der Waals surface area contributed by atoms with E-state index in [0.717, 1.165) is 6.92 Å². The van der Waals surface area contributed by atoms with Crippen LogP contribution in [0.15, 0.2) is 24.3 Å². The first kappa shape index (κ1) is 126. The molecule has 0 unspecified atom stereocenters. The van der Waals surface area contributed by atoms with Gasteiger partial charge in [0.15, 0.2) is 0 Å². The number of thioether (sulfide) groups is 1. The molecule has 0 aliphatic heterocycles. The molecule has 0 aliphatic rings. The van der Waals surface area contributed by atoms with Gasteiger partial charge in [-0.05, 0) is 162 Å². The zero-order valence-corrected chi connectivity index (χ0v) is 83.8. The summed E-state index contributed by atoms with van der Waals surface area (Å²) in [7, 11) is 0. The first-order valence-corrected chi connectivity index (χ1v) is 48.5. The second-order valence-corrected chi connectivity index (χ2v) is 37.8. The molecule has 0 heterocycles. The van der Waals surface area contributed by atoms with E-state index >= 15 is 0 Å². The zero-order chi connectivity index (χ0) is 107. The topological polar surface area (TPSA) is 779 Å². The quantitative estimate of drug-likeness (QED) is 0.0282. The fraction of sp³-hybridized carbons (Fsp3) is 0.692. The van der Waals surface area contributed by atoms with Crippen LogP contribution in [0.1, 0.15) is 225 Å². The molecule has 0 aromatic heterocycles.